The van der Waals surface area contributed by atoms with Crippen LogP contribution in [0.3, 0.4) is 0 Å². The van der Waals surface area contributed by atoms with Gasteiger partial charge in [-0.2, -0.15) is 0 Å². The van der Waals surface area contributed by atoms with Crippen molar-refractivity contribution < 1.29 is 9.84 Å². The first-order valence-electron chi connectivity index (χ1n) is 7.81. The molecule has 0 aliphatic heterocycles. The Morgan fingerprint density at radius 3 is 2.85 bits per heavy atom. The second-order valence-corrected chi connectivity index (χ2v) is 7.29. The summed E-state index contributed by atoms with van der Waals surface area (Å²) < 4.78 is 5.54. The molecular formula is C18H26O2. The van der Waals surface area contributed by atoms with Crippen LogP contribution in [0.25, 0.3) is 0 Å². The maximum Gasteiger partial charge on any atom is 0.115 e. The van der Waals surface area contributed by atoms with Gasteiger partial charge in [0.2, 0.25) is 0 Å². The summed E-state index contributed by atoms with van der Waals surface area (Å²) in [5, 5.41) is 9.90. The number of hydrogen-bond donors (Lipinski definition) is 1. The molecule has 2 heteroatoms. The number of aryl methyl sites for hydroxylation is 1. The average molecular weight is 274 g/mol. The SMILES string of the molecule is COC[C@@]1(C)CCC[C@]2(C)c3cc(O)ccc3CC[C@@H]12. The molecular weight excluding hydrogens is 248 g/mol. The first-order valence-corrected chi connectivity index (χ1v) is 7.81. The molecule has 2 nitrogen and oxygen atoms in total. The normalized spacial score (nSPS) is 36.2. The summed E-state index contributed by atoms with van der Waals surface area (Å²) in [6, 6.07) is 5.97. The molecule has 2 aliphatic carbocycles. The number of rotatable bonds is 2. The molecule has 3 rings (SSSR count). The van der Waals surface area contributed by atoms with Crippen molar-refractivity contribution in [2.45, 2.75) is 51.4 Å². The lowest BCUT2D eigenvalue weighted by molar-refractivity contribution is -0.0325. The van der Waals surface area contributed by atoms with Crippen molar-refractivity contribution in [2.75, 3.05) is 13.7 Å². The lowest BCUT2D eigenvalue weighted by Gasteiger charge is -2.55. The molecule has 1 fully saturated rings. The van der Waals surface area contributed by atoms with Crippen molar-refractivity contribution in [3.63, 3.8) is 0 Å². The number of fused-ring (bicyclic) bond motifs is 3. The molecule has 110 valence electrons. The van der Waals surface area contributed by atoms with E-state index in [0.717, 1.165) is 13.0 Å². The summed E-state index contributed by atoms with van der Waals surface area (Å²) in [4.78, 5) is 0. The predicted octanol–water partition coefficient (Wildman–Crippen LogP) is 4.05. The van der Waals surface area contributed by atoms with Gasteiger partial charge in [0, 0.05) is 7.11 Å². The minimum atomic E-state index is 0.192. The molecule has 1 N–H and O–H groups in total. The third-order valence-electron chi connectivity index (χ3n) is 5.94. The second kappa shape index (κ2) is 4.77. The summed E-state index contributed by atoms with van der Waals surface area (Å²) in [6.07, 6.45) is 6.12. The summed E-state index contributed by atoms with van der Waals surface area (Å²) in [5.41, 5.74) is 3.28. The Morgan fingerprint density at radius 1 is 1.30 bits per heavy atom. The fourth-order valence-corrected chi connectivity index (χ4v) is 5.08. The van der Waals surface area contributed by atoms with Crippen LogP contribution in [0.1, 0.15) is 50.7 Å². The zero-order valence-electron chi connectivity index (χ0n) is 12.9. The molecule has 0 heterocycles. The van der Waals surface area contributed by atoms with Crippen molar-refractivity contribution in [1.29, 1.82) is 0 Å². The number of hydrogen-bond acceptors (Lipinski definition) is 2. The van der Waals surface area contributed by atoms with Crippen molar-refractivity contribution in [3.8, 4) is 5.75 Å². The van der Waals surface area contributed by atoms with Gasteiger partial charge in [0.25, 0.3) is 0 Å². The maximum atomic E-state index is 9.90. The highest BCUT2D eigenvalue weighted by Crippen LogP contribution is 2.57. The third-order valence-corrected chi connectivity index (χ3v) is 5.94. The molecule has 1 aromatic carbocycles. The minimum absolute atomic E-state index is 0.192. The molecule has 20 heavy (non-hydrogen) atoms. The van der Waals surface area contributed by atoms with Crippen molar-refractivity contribution >= 4 is 0 Å². The Labute approximate surface area is 122 Å². The van der Waals surface area contributed by atoms with Crippen LogP contribution in [-0.4, -0.2) is 18.8 Å². The van der Waals surface area contributed by atoms with E-state index in [9.17, 15) is 5.11 Å². The van der Waals surface area contributed by atoms with E-state index < -0.39 is 0 Å². The zero-order chi connectivity index (χ0) is 14.4. The molecule has 2 aliphatic rings. The molecule has 0 saturated heterocycles. The number of phenolic OH excluding ortho intramolecular Hbond substituents is 1. The summed E-state index contributed by atoms with van der Waals surface area (Å²) in [5.74, 6) is 1.06. The fourth-order valence-electron chi connectivity index (χ4n) is 5.08. The van der Waals surface area contributed by atoms with Gasteiger partial charge in [-0.25, -0.2) is 0 Å². The number of aromatic hydroxyl groups is 1. The van der Waals surface area contributed by atoms with Crippen molar-refractivity contribution in [2.24, 2.45) is 11.3 Å². The van der Waals surface area contributed by atoms with Crippen LogP contribution in [0.2, 0.25) is 0 Å². The van der Waals surface area contributed by atoms with Gasteiger partial charge in [0.1, 0.15) is 5.75 Å². The lowest BCUT2D eigenvalue weighted by atomic mass is 9.50. The third kappa shape index (κ3) is 1.96. The van der Waals surface area contributed by atoms with Crippen LogP contribution in [0.4, 0.5) is 0 Å². The highest BCUT2D eigenvalue weighted by atomic mass is 16.5. The van der Waals surface area contributed by atoms with Gasteiger partial charge in [-0.05, 0) is 65.7 Å². The zero-order valence-corrected chi connectivity index (χ0v) is 12.9. The number of methoxy groups -OCH3 is 1. The van der Waals surface area contributed by atoms with E-state index in [1.165, 1.54) is 36.8 Å². The summed E-state index contributed by atoms with van der Waals surface area (Å²) in [7, 11) is 1.82. The maximum absolute atomic E-state index is 9.90. The first kappa shape index (κ1) is 13.9. The molecule has 3 atom stereocenters. The Hall–Kier alpha value is -1.02. The van der Waals surface area contributed by atoms with E-state index in [4.69, 9.17) is 4.74 Å². The van der Waals surface area contributed by atoms with Gasteiger partial charge in [-0.3, -0.25) is 0 Å². The van der Waals surface area contributed by atoms with Gasteiger partial charge in [-0.15, -0.1) is 0 Å². The predicted molar refractivity (Wildman–Crippen MR) is 81.1 cm³/mol. The lowest BCUT2D eigenvalue weighted by Crippen LogP contribution is -2.50. The molecule has 0 radical (unpaired) electrons. The summed E-state index contributed by atoms with van der Waals surface area (Å²) >= 11 is 0. The van der Waals surface area contributed by atoms with Gasteiger partial charge in [0.05, 0.1) is 6.61 Å². The number of phenols is 1. The Morgan fingerprint density at radius 2 is 2.10 bits per heavy atom. The van der Waals surface area contributed by atoms with E-state index in [0.29, 0.717) is 11.7 Å². The van der Waals surface area contributed by atoms with E-state index in [1.807, 2.05) is 19.2 Å². The molecule has 1 aromatic rings. The highest BCUT2D eigenvalue weighted by molar-refractivity contribution is 5.43. The quantitative estimate of drug-likeness (QED) is 0.881. The molecule has 0 amide bonds. The average Bonchev–Trinajstić information content (AvgIpc) is 2.39. The Balaban J connectivity index is 2.06. The molecule has 1 saturated carbocycles. The van der Waals surface area contributed by atoms with Gasteiger partial charge < -0.3 is 9.84 Å². The smallest absolute Gasteiger partial charge is 0.115 e. The fraction of sp³-hybridized carbons (Fsp3) is 0.667. The molecule has 0 aromatic heterocycles. The Bertz CT molecular complexity index is 506. The largest absolute Gasteiger partial charge is 0.508 e. The Kier molecular flexibility index (Phi) is 3.32. The molecule has 0 spiro atoms. The van der Waals surface area contributed by atoms with E-state index in [1.54, 1.807) is 0 Å². The standard InChI is InChI=1S/C18H26O2/c1-17(12-20-3)9-4-10-18(2)15-11-14(19)7-5-13(15)6-8-16(17)18/h5,7,11,16,19H,4,6,8-10,12H2,1-3H3/t16-,17+,18+/m0/s1. The first-order chi connectivity index (χ1) is 9.49. The number of benzene rings is 1. The van der Waals surface area contributed by atoms with Gasteiger partial charge >= 0.3 is 0 Å². The highest BCUT2D eigenvalue weighted by Gasteiger charge is 2.51. The summed E-state index contributed by atoms with van der Waals surface area (Å²) in [6.45, 7) is 5.65. The van der Waals surface area contributed by atoms with E-state index in [2.05, 4.69) is 19.9 Å². The van der Waals surface area contributed by atoms with Gasteiger partial charge in [-0.1, -0.05) is 26.3 Å². The van der Waals surface area contributed by atoms with Crippen LogP contribution in [0.15, 0.2) is 18.2 Å². The van der Waals surface area contributed by atoms with Crippen molar-refractivity contribution in [3.05, 3.63) is 29.3 Å². The topological polar surface area (TPSA) is 29.5 Å². The van der Waals surface area contributed by atoms with Crippen LogP contribution >= 0.6 is 0 Å². The minimum Gasteiger partial charge on any atom is -0.508 e. The monoisotopic (exact) mass is 274 g/mol. The van der Waals surface area contributed by atoms with Crippen LogP contribution < -0.4 is 0 Å². The van der Waals surface area contributed by atoms with Crippen LogP contribution in [0.5, 0.6) is 5.75 Å². The molecule has 0 bridgehead atoms. The van der Waals surface area contributed by atoms with Crippen molar-refractivity contribution in [1.82, 2.24) is 0 Å². The van der Waals surface area contributed by atoms with Gasteiger partial charge in [0.15, 0.2) is 0 Å². The number of ether oxygens (including phenoxy) is 1. The van der Waals surface area contributed by atoms with Crippen LogP contribution in [-0.2, 0) is 16.6 Å². The second-order valence-electron chi connectivity index (χ2n) is 7.29. The molecule has 0 unspecified atom stereocenters. The van der Waals surface area contributed by atoms with E-state index in [-0.39, 0.29) is 10.8 Å². The van der Waals surface area contributed by atoms with Crippen LogP contribution in [0, 0.1) is 11.3 Å². The van der Waals surface area contributed by atoms with E-state index >= 15 is 0 Å².